The molecule has 0 bridgehead atoms. The topological polar surface area (TPSA) is 78.4 Å². The van der Waals surface area contributed by atoms with Crippen LogP contribution in [-0.2, 0) is 16.0 Å². The van der Waals surface area contributed by atoms with Crippen molar-refractivity contribution in [3.8, 4) is 11.8 Å². The van der Waals surface area contributed by atoms with Crippen LogP contribution in [0.25, 0.3) is 0 Å². The molecule has 0 unspecified atom stereocenters. The lowest BCUT2D eigenvalue weighted by atomic mass is 10.0. The van der Waals surface area contributed by atoms with Crippen LogP contribution in [0.15, 0.2) is 6.07 Å². The third-order valence-electron chi connectivity index (χ3n) is 1.93. The summed E-state index contributed by atoms with van der Waals surface area (Å²) in [7, 11) is 0. The lowest BCUT2D eigenvalue weighted by Crippen LogP contribution is -2.10. The van der Waals surface area contributed by atoms with Gasteiger partial charge in [0, 0.05) is 25.5 Å². The van der Waals surface area contributed by atoms with Crippen LogP contribution in [-0.4, -0.2) is 22.1 Å². The Hall–Kier alpha value is -1.98. The number of nitrogens with zero attached hydrogens (tertiary/aromatic N) is 2. The summed E-state index contributed by atoms with van der Waals surface area (Å²) < 4.78 is 9.80. The van der Waals surface area contributed by atoms with Gasteiger partial charge in [0.2, 0.25) is 11.8 Å². The third kappa shape index (κ3) is 4.48. The summed E-state index contributed by atoms with van der Waals surface area (Å²) in [4.78, 5) is 21.8. The molecular weight excluding hydrogens is 236 g/mol. The molecule has 0 spiro atoms. The van der Waals surface area contributed by atoms with Gasteiger partial charge >= 0.3 is 11.9 Å². The Balaban J connectivity index is 3.03. The van der Waals surface area contributed by atoms with Gasteiger partial charge in [-0.1, -0.05) is 13.8 Å². The smallest absolute Gasteiger partial charge is 0.309 e. The molecule has 0 aliphatic rings. The Morgan fingerprint density at radius 1 is 1.17 bits per heavy atom. The van der Waals surface area contributed by atoms with Crippen molar-refractivity contribution in [3.63, 3.8) is 0 Å². The van der Waals surface area contributed by atoms with Crippen LogP contribution in [0.1, 0.15) is 33.3 Å². The van der Waals surface area contributed by atoms with E-state index in [2.05, 4.69) is 10.2 Å². The largest absolute Gasteiger partial charge is 0.406 e. The lowest BCUT2D eigenvalue weighted by molar-refractivity contribution is -0.133. The number of ether oxygens (including phenoxy) is 2. The van der Waals surface area contributed by atoms with E-state index in [4.69, 9.17) is 9.47 Å². The Kier molecular flexibility index (Phi) is 4.76. The maximum atomic E-state index is 10.9. The van der Waals surface area contributed by atoms with Crippen molar-refractivity contribution in [2.24, 2.45) is 5.92 Å². The van der Waals surface area contributed by atoms with Gasteiger partial charge in [-0.05, 0) is 12.3 Å². The standard InChI is InChI=1S/C12H16N2O4/c1-7(2)5-10-6-11(17-8(3)15)13-14-12(10)18-9(4)16/h6-7H,5H2,1-4H3. The Labute approximate surface area is 105 Å². The van der Waals surface area contributed by atoms with Crippen LogP contribution >= 0.6 is 0 Å². The van der Waals surface area contributed by atoms with Crippen molar-refractivity contribution in [3.05, 3.63) is 11.6 Å². The van der Waals surface area contributed by atoms with Gasteiger partial charge in [0.1, 0.15) is 0 Å². The Bertz CT molecular complexity index is 457. The number of aromatic nitrogens is 2. The number of hydrogen-bond donors (Lipinski definition) is 0. The molecule has 0 N–H and O–H groups in total. The molecule has 0 fully saturated rings. The monoisotopic (exact) mass is 252 g/mol. The molecule has 0 amide bonds. The number of rotatable bonds is 4. The zero-order valence-corrected chi connectivity index (χ0v) is 10.9. The van der Waals surface area contributed by atoms with Crippen molar-refractivity contribution in [2.75, 3.05) is 0 Å². The van der Waals surface area contributed by atoms with E-state index in [1.165, 1.54) is 13.8 Å². The highest BCUT2D eigenvalue weighted by atomic mass is 16.6. The first kappa shape index (κ1) is 14.1. The summed E-state index contributed by atoms with van der Waals surface area (Å²) in [5, 5.41) is 7.42. The van der Waals surface area contributed by atoms with Crippen LogP contribution < -0.4 is 9.47 Å². The van der Waals surface area contributed by atoms with Gasteiger partial charge in [-0.3, -0.25) is 9.59 Å². The summed E-state index contributed by atoms with van der Waals surface area (Å²) in [6.45, 7) is 6.61. The first-order valence-electron chi connectivity index (χ1n) is 5.62. The van der Waals surface area contributed by atoms with Gasteiger partial charge < -0.3 is 9.47 Å². The molecule has 6 heteroatoms. The first-order chi connectivity index (χ1) is 8.38. The number of carbonyl (C=O) groups is 2. The van der Waals surface area contributed by atoms with Crippen molar-refractivity contribution in [2.45, 2.75) is 34.1 Å². The maximum absolute atomic E-state index is 10.9. The van der Waals surface area contributed by atoms with E-state index in [1.807, 2.05) is 13.8 Å². The predicted molar refractivity (Wildman–Crippen MR) is 63.2 cm³/mol. The molecule has 0 aromatic carbocycles. The predicted octanol–water partition coefficient (Wildman–Crippen LogP) is 1.53. The summed E-state index contributed by atoms with van der Waals surface area (Å²) in [6, 6.07) is 1.56. The summed E-state index contributed by atoms with van der Waals surface area (Å²) >= 11 is 0. The molecule has 0 aliphatic carbocycles. The molecule has 1 aromatic rings. The lowest BCUT2D eigenvalue weighted by Gasteiger charge is -2.10. The summed E-state index contributed by atoms with van der Waals surface area (Å²) in [6.07, 6.45) is 0.645. The molecule has 0 aliphatic heterocycles. The minimum Gasteiger partial charge on any atom is -0.406 e. The highest BCUT2D eigenvalue weighted by molar-refractivity contribution is 5.70. The third-order valence-corrected chi connectivity index (χ3v) is 1.93. The van der Waals surface area contributed by atoms with Gasteiger partial charge in [-0.2, -0.15) is 0 Å². The number of esters is 2. The normalized spacial score (nSPS) is 10.3. The second-order valence-electron chi connectivity index (χ2n) is 4.30. The van der Waals surface area contributed by atoms with Crippen LogP contribution in [0.2, 0.25) is 0 Å². The van der Waals surface area contributed by atoms with E-state index in [-0.39, 0.29) is 11.8 Å². The van der Waals surface area contributed by atoms with E-state index in [0.717, 1.165) is 0 Å². The van der Waals surface area contributed by atoms with Crippen LogP contribution in [0.3, 0.4) is 0 Å². The fraction of sp³-hybridized carbons (Fsp3) is 0.500. The molecule has 0 saturated heterocycles. The van der Waals surface area contributed by atoms with Gasteiger partial charge in [0.25, 0.3) is 0 Å². The van der Waals surface area contributed by atoms with Crippen LogP contribution in [0, 0.1) is 5.92 Å². The second-order valence-corrected chi connectivity index (χ2v) is 4.30. The molecule has 0 atom stereocenters. The highest BCUT2D eigenvalue weighted by Crippen LogP contribution is 2.22. The quantitative estimate of drug-likeness (QED) is 0.756. The van der Waals surface area contributed by atoms with Crippen molar-refractivity contribution in [1.29, 1.82) is 0 Å². The molecule has 0 radical (unpaired) electrons. The minimum absolute atomic E-state index is 0.106. The van der Waals surface area contributed by atoms with Gasteiger partial charge in [-0.15, -0.1) is 10.2 Å². The Morgan fingerprint density at radius 3 is 2.28 bits per heavy atom. The first-order valence-corrected chi connectivity index (χ1v) is 5.62. The van der Waals surface area contributed by atoms with E-state index in [9.17, 15) is 9.59 Å². The number of hydrogen-bond acceptors (Lipinski definition) is 6. The van der Waals surface area contributed by atoms with Crippen LogP contribution in [0.4, 0.5) is 0 Å². The van der Waals surface area contributed by atoms with E-state index < -0.39 is 11.9 Å². The molecule has 98 valence electrons. The highest BCUT2D eigenvalue weighted by Gasteiger charge is 2.13. The zero-order chi connectivity index (χ0) is 13.7. The molecule has 1 rings (SSSR count). The molecule has 6 nitrogen and oxygen atoms in total. The van der Waals surface area contributed by atoms with E-state index in [1.54, 1.807) is 6.07 Å². The van der Waals surface area contributed by atoms with Gasteiger partial charge in [0.15, 0.2) is 0 Å². The fourth-order valence-electron chi connectivity index (χ4n) is 1.40. The fourth-order valence-corrected chi connectivity index (χ4v) is 1.40. The van der Waals surface area contributed by atoms with Gasteiger partial charge in [0.05, 0.1) is 0 Å². The molecule has 18 heavy (non-hydrogen) atoms. The van der Waals surface area contributed by atoms with E-state index in [0.29, 0.717) is 17.9 Å². The van der Waals surface area contributed by atoms with E-state index >= 15 is 0 Å². The molecular formula is C12H16N2O4. The number of carbonyl (C=O) groups excluding carboxylic acids is 2. The van der Waals surface area contributed by atoms with Crippen LogP contribution in [0.5, 0.6) is 11.8 Å². The average Bonchev–Trinajstić information content (AvgIpc) is 2.19. The molecule has 1 heterocycles. The summed E-state index contributed by atoms with van der Waals surface area (Å²) in [5.41, 5.74) is 0.687. The Morgan fingerprint density at radius 2 is 1.78 bits per heavy atom. The zero-order valence-electron chi connectivity index (χ0n) is 10.9. The second kappa shape index (κ2) is 6.09. The maximum Gasteiger partial charge on any atom is 0.309 e. The van der Waals surface area contributed by atoms with Crippen molar-refractivity contribution < 1.29 is 19.1 Å². The van der Waals surface area contributed by atoms with Crippen molar-refractivity contribution >= 4 is 11.9 Å². The van der Waals surface area contributed by atoms with Crippen molar-refractivity contribution in [1.82, 2.24) is 10.2 Å². The van der Waals surface area contributed by atoms with Gasteiger partial charge in [-0.25, -0.2) is 0 Å². The average molecular weight is 252 g/mol. The summed E-state index contributed by atoms with van der Waals surface area (Å²) in [5.74, 6) is -0.329. The SMILES string of the molecule is CC(=O)Oc1cc(CC(C)C)c(OC(C)=O)nn1. The molecule has 0 saturated carbocycles. The molecule has 1 aromatic heterocycles. The minimum atomic E-state index is -0.472.